The molecule has 0 radical (unpaired) electrons. The second kappa shape index (κ2) is 8.84. The number of carbonyl (C=O) groups excluding carboxylic acids is 2. The van der Waals surface area contributed by atoms with E-state index in [0.29, 0.717) is 17.8 Å². The fourth-order valence-corrected chi connectivity index (χ4v) is 4.22. The summed E-state index contributed by atoms with van der Waals surface area (Å²) in [5.74, 6) is 0.870. The van der Waals surface area contributed by atoms with E-state index in [1.54, 1.807) is 18.0 Å². The Hall–Kier alpha value is -3.28. The summed E-state index contributed by atoms with van der Waals surface area (Å²) in [6.45, 7) is 5.92. The number of rotatable bonds is 5. The van der Waals surface area contributed by atoms with Gasteiger partial charge >= 0.3 is 6.03 Å². The zero-order valence-electron chi connectivity index (χ0n) is 18.4. The van der Waals surface area contributed by atoms with Gasteiger partial charge in [0.2, 0.25) is 0 Å². The van der Waals surface area contributed by atoms with Crippen molar-refractivity contribution >= 4 is 28.6 Å². The molecule has 2 heterocycles. The SMILES string of the molecule is CCc1oc2ccccc2c1CN(C)C(=O)Nc1c(C)cccc1C(=O)N1CCCC1. The minimum Gasteiger partial charge on any atom is -0.461 e. The smallest absolute Gasteiger partial charge is 0.321 e. The number of urea groups is 1. The van der Waals surface area contributed by atoms with E-state index in [-0.39, 0.29) is 11.9 Å². The van der Waals surface area contributed by atoms with Gasteiger partial charge in [0.15, 0.2) is 0 Å². The number of aryl methyl sites for hydroxylation is 2. The summed E-state index contributed by atoms with van der Waals surface area (Å²) >= 11 is 0. The molecule has 2 aromatic carbocycles. The van der Waals surface area contributed by atoms with Gasteiger partial charge in [-0.25, -0.2) is 4.79 Å². The van der Waals surface area contributed by atoms with Crippen molar-refractivity contribution in [2.45, 2.75) is 39.7 Å². The molecule has 0 unspecified atom stereocenters. The van der Waals surface area contributed by atoms with Gasteiger partial charge < -0.3 is 19.5 Å². The zero-order valence-corrected chi connectivity index (χ0v) is 18.4. The molecule has 0 aliphatic carbocycles. The molecule has 1 aliphatic rings. The summed E-state index contributed by atoms with van der Waals surface area (Å²) in [6, 6.07) is 13.2. The van der Waals surface area contributed by atoms with E-state index in [4.69, 9.17) is 4.42 Å². The van der Waals surface area contributed by atoms with Gasteiger partial charge in [-0.2, -0.15) is 0 Å². The van der Waals surface area contributed by atoms with E-state index in [1.807, 2.05) is 55.1 Å². The third kappa shape index (κ3) is 4.15. The van der Waals surface area contributed by atoms with E-state index >= 15 is 0 Å². The average Bonchev–Trinajstić information content (AvgIpc) is 3.43. The molecule has 162 valence electrons. The van der Waals surface area contributed by atoms with Crippen LogP contribution in [0.3, 0.4) is 0 Å². The molecule has 1 aromatic heterocycles. The molecule has 0 spiro atoms. The van der Waals surface area contributed by atoms with Gasteiger partial charge in [0.25, 0.3) is 5.91 Å². The first-order chi connectivity index (χ1) is 15.0. The number of hydrogen-bond acceptors (Lipinski definition) is 3. The first-order valence-corrected chi connectivity index (χ1v) is 10.9. The lowest BCUT2D eigenvalue weighted by Gasteiger charge is -2.22. The van der Waals surface area contributed by atoms with E-state index in [0.717, 1.165) is 60.2 Å². The van der Waals surface area contributed by atoms with Crippen molar-refractivity contribution in [2.24, 2.45) is 0 Å². The van der Waals surface area contributed by atoms with Crippen LogP contribution in [0.25, 0.3) is 11.0 Å². The second-order valence-electron chi connectivity index (χ2n) is 8.14. The fraction of sp³-hybridized carbons (Fsp3) is 0.360. The van der Waals surface area contributed by atoms with E-state index in [9.17, 15) is 9.59 Å². The van der Waals surface area contributed by atoms with Crippen LogP contribution in [-0.2, 0) is 13.0 Å². The fourth-order valence-electron chi connectivity index (χ4n) is 4.22. The van der Waals surface area contributed by atoms with Crippen molar-refractivity contribution in [3.8, 4) is 0 Å². The van der Waals surface area contributed by atoms with Crippen LogP contribution in [0.1, 0.15) is 47.0 Å². The highest BCUT2D eigenvalue weighted by atomic mass is 16.3. The number of hydrogen-bond donors (Lipinski definition) is 1. The van der Waals surface area contributed by atoms with Gasteiger partial charge in [0, 0.05) is 37.5 Å². The van der Waals surface area contributed by atoms with Crippen LogP contribution in [0.4, 0.5) is 10.5 Å². The number of nitrogens with one attached hydrogen (secondary N) is 1. The third-order valence-corrected chi connectivity index (χ3v) is 5.97. The van der Waals surface area contributed by atoms with Gasteiger partial charge in [0.1, 0.15) is 11.3 Å². The minimum absolute atomic E-state index is 0.0201. The van der Waals surface area contributed by atoms with E-state index in [2.05, 4.69) is 5.32 Å². The molecule has 3 aromatic rings. The predicted octanol–water partition coefficient (Wildman–Crippen LogP) is 5.20. The average molecular weight is 420 g/mol. The van der Waals surface area contributed by atoms with E-state index in [1.165, 1.54) is 0 Å². The predicted molar refractivity (Wildman–Crippen MR) is 122 cm³/mol. The molecule has 31 heavy (non-hydrogen) atoms. The maximum Gasteiger partial charge on any atom is 0.321 e. The van der Waals surface area contributed by atoms with Crippen LogP contribution in [0.15, 0.2) is 46.9 Å². The summed E-state index contributed by atoms with van der Waals surface area (Å²) in [5.41, 5.74) is 3.86. The summed E-state index contributed by atoms with van der Waals surface area (Å²) < 4.78 is 5.97. The van der Waals surface area contributed by atoms with Crippen molar-refractivity contribution in [3.05, 3.63) is 64.9 Å². The Bertz CT molecular complexity index is 1110. The molecule has 1 N–H and O–H groups in total. The van der Waals surface area contributed by atoms with Gasteiger partial charge in [-0.3, -0.25) is 4.79 Å². The number of anilines is 1. The van der Waals surface area contributed by atoms with Crippen LogP contribution in [0.2, 0.25) is 0 Å². The first-order valence-electron chi connectivity index (χ1n) is 10.9. The van der Waals surface area contributed by atoms with Crippen LogP contribution >= 0.6 is 0 Å². The summed E-state index contributed by atoms with van der Waals surface area (Å²) in [4.78, 5) is 29.6. The third-order valence-electron chi connectivity index (χ3n) is 5.97. The number of carbonyl (C=O) groups is 2. The Balaban J connectivity index is 1.56. The van der Waals surface area contributed by atoms with Crippen LogP contribution in [0, 0.1) is 6.92 Å². The van der Waals surface area contributed by atoms with Crippen LogP contribution in [-0.4, -0.2) is 41.9 Å². The highest BCUT2D eigenvalue weighted by Crippen LogP contribution is 2.28. The number of nitrogens with zero attached hydrogens (tertiary/aromatic N) is 2. The lowest BCUT2D eigenvalue weighted by atomic mass is 10.1. The molecule has 6 nitrogen and oxygen atoms in total. The van der Waals surface area contributed by atoms with Crippen molar-refractivity contribution in [1.82, 2.24) is 9.80 Å². The largest absolute Gasteiger partial charge is 0.461 e. The molecule has 0 atom stereocenters. The van der Waals surface area contributed by atoms with Crippen LogP contribution < -0.4 is 5.32 Å². The topological polar surface area (TPSA) is 65.8 Å². The van der Waals surface area contributed by atoms with E-state index < -0.39 is 0 Å². The minimum atomic E-state index is -0.253. The lowest BCUT2D eigenvalue weighted by molar-refractivity contribution is 0.0793. The molecule has 0 saturated carbocycles. The molecular formula is C25H29N3O3. The van der Waals surface area contributed by atoms with Crippen molar-refractivity contribution < 1.29 is 14.0 Å². The normalized spacial score (nSPS) is 13.6. The standard InChI is InChI=1S/C25H29N3O3/c1-4-21-20(18-11-5-6-13-22(18)31-21)16-27(3)25(30)26-23-17(2)10-9-12-19(23)24(29)28-14-7-8-15-28/h5-6,9-13H,4,7-8,14-16H2,1-3H3,(H,26,30). The maximum absolute atomic E-state index is 13.1. The zero-order chi connectivity index (χ0) is 22.0. The summed E-state index contributed by atoms with van der Waals surface area (Å²) in [7, 11) is 1.76. The first kappa shape index (κ1) is 21.0. The second-order valence-corrected chi connectivity index (χ2v) is 8.14. The number of para-hydroxylation sites is 2. The van der Waals surface area contributed by atoms with Gasteiger partial charge in [-0.15, -0.1) is 0 Å². The highest BCUT2D eigenvalue weighted by Gasteiger charge is 2.24. The molecule has 3 amide bonds. The Morgan fingerprint density at radius 3 is 2.58 bits per heavy atom. The van der Waals surface area contributed by atoms with Crippen molar-refractivity contribution in [3.63, 3.8) is 0 Å². The molecule has 1 saturated heterocycles. The van der Waals surface area contributed by atoms with Crippen molar-refractivity contribution in [1.29, 1.82) is 0 Å². The number of fused-ring (bicyclic) bond motifs is 1. The maximum atomic E-state index is 13.1. The van der Waals surface area contributed by atoms with Crippen molar-refractivity contribution in [2.75, 3.05) is 25.5 Å². The van der Waals surface area contributed by atoms with Gasteiger partial charge in [0.05, 0.1) is 17.8 Å². The Labute approximate surface area is 182 Å². The highest BCUT2D eigenvalue weighted by molar-refractivity contribution is 6.04. The summed E-state index contributed by atoms with van der Waals surface area (Å²) in [5, 5.41) is 4.02. The van der Waals surface area contributed by atoms with Gasteiger partial charge in [-0.05, 0) is 37.5 Å². The quantitative estimate of drug-likeness (QED) is 0.618. The molecule has 6 heteroatoms. The molecular weight excluding hydrogens is 390 g/mol. The lowest BCUT2D eigenvalue weighted by Crippen LogP contribution is -2.33. The number of benzene rings is 2. The molecule has 1 aliphatic heterocycles. The summed E-state index contributed by atoms with van der Waals surface area (Å²) in [6.07, 6.45) is 2.81. The number of furan rings is 1. The Kier molecular flexibility index (Phi) is 5.98. The molecule has 0 bridgehead atoms. The number of likely N-dealkylation sites (tertiary alicyclic amines) is 1. The van der Waals surface area contributed by atoms with Gasteiger partial charge in [-0.1, -0.05) is 37.3 Å². The Morgan fingerprint density at radius 2 is 1.84 bits per heavy atom. The monoisotopic (exact) mass is 419 g/mol. The number of amides is 3. The Morgan fingerprint density at radius 1 is 1.10 bits per heavy atom. The van der Waals surface area contributed by atoms with Crippen LogP contribution in [0.5, 0.6) is 0 Å². The molecule has 4 rings (SSSR count). The molecule has 1 fully saturated rings.